The minimum atomic E-state index is -1.89. The first kappa shape index (κ1) is 22.6. The van der Waals surface area contributed by atoms with Gasteiger partial charge in [-0.3, -0.25) is 0 Å². The fourth-order valence-electron chi connectivity index (χ4n) is 2.77. The van der Waals surface area contributed by atoms with Gasteiger partial charge in [0.1, 0.15) is 5.60 Å². The number of benzene rings is 2. The number of allylic oxidation sites excluding steroid dienone is 1. The first-order valence-corrected chi connectivity index (χ1v) is 9.55. The van der Waals surface area contributed by atoms with Crippen LogP contribution in [0.4, 0.5) is 0 Å². The van der Waals surface area contributed by atoms with Crippen LogP contribution in [0, 0.1) is 0 Å². The van der Waals surface area contributed by atoms with E-state index in [0.29, 0.717) is 0 Å². The van der Waals surface area contributed by atoms with Crippen LogP contribution in [0.3, 0.4) is 0 Å². The Bertz CT molecular complexity index is 865. The summed E-state index contributed by atoms with van der Waals surface area (Å²) in [5.74, 6) is -2.45. The van der Waals surface area contributed by atoms with E-state index in [9.17, 15) is 19.8 Å². The van der Waals surface area contributed by atoms with Crippen LogP contribution in [0.1, 0.15) is 32.8 Å². The Labute approximate surface area is 170 Å². The van der Waals surface area contributed by atoms with Gasteiger partial charge in [0.15, 0.2) is 12.2 Å². The standard InChI is InChI=1S/C23H28O6/c1-23(2,3)29-22(27)19(24)20(21(25)26)28-14-8-4-5-9-16-12-13-17-10-6-7-11-18(17)15-16/h4,6-8,10-13,15,19-20,24H,5,9,14H2,1-3H3,(H,25,26)/b8-4+/t19-,20-/m1/s1. The summed E-state index contributed by atoms with van der Waals surface area (Å²) < 4.78 is 10.2. The summed E-state index contributed by atoms with van der Waals surface area (Å²) in [7, 11) is 0. The third kappa shape index (κ3) is 7.33. The summed E-state index contributed by atoms with van der Waals surface area (Å²) in [4.78, 5) is 23.2. The summed E-state index contributed by atoms with van der Waals surface area (Å²) in [6.45, 7) is 4.86. The van der Waals surface area contributed by atoms with Gasteiger partial charge in [0.05, 0.1) is 6.61 Å². The maximum absolute atomic E-state index is 11.9. The van der Waals surface area contributed by atoms with Crippen LogP contribution >= 0.6 is 0 Å². The maximum Gasteiger partial charge on any atom is 0.338 e. The summed E-state index contributed by atoms with van der Waals surface area (Å²) in [6.07, 6.45) is 1.58. The summed E-state index contributed by atoms with van der Waals surface area (Å²) in [5, 5.41) is 21.5. The van der Waals surface area contributed by atoms with Crippen molar-refractivity contribution in [3.05, 3.63) is 60.2 Å². The number of fused-ring (bicyclic) bond motifs is 1. The van der Waals surface area contributed by atoms with Crippen molar-refractivity contribution in [1.29, 1.82) is 0 Å². The van der Waals surface area contributed by atoms with E-state index in [0.717, 1.165) is 12.8 Å². The van der Waals surface area contributed by atoms with Crippen LogP contribution in [0.2, 0.25) is 0 Å². The van der Waals surface area contributed by atoms with Crippen molar-refractivity contribution in [3.63, 3.8) is 0 Å². The van der Waals surface area contributed by atoms with Crippen molar-refractivity contribution in [1.82, 2.24) is 0 Å². The summed E-state index contributed by atoms with van der Waals surface area (Å²) in [5.41, 5.74) is 0.377. The third-order valence-electron chi connectivity index (χ3n) is 4.13. The average molecular weight is 400 g/mol. The topological polar surface area (TPSA) is 93.1 Å². The van der Waals surface area contributed by atoms with E-state index >= 15 is 0 Å². The number of aryl methyl sites for hydroxylation is 1. The average Bonchev–Trinajstić information content (AvgIpc) is 2.65. The monoisotopic (exact) mass is 400 g/mol. The number of aliphatic hydroxyl groups is 1. The Morgan fingerprint density at radius 2 is 1.76 bits per heavy atom. The number of esters is 1. The number of hydrogen-bond acceptors (Lipinski definition) is 5. The fourth-order valence-corrected chi connectivity index (χ4v) is 2.77. The molecular weight excluding hydrogens is 372 g/mol. The minimum absolute atomic E-state index is 0.0332. The second-order valence-electron chi connectivity index (χ2n) is 7.76. The Hall–Kier alpha value is -2.70. The van der Waals surface area contributed by atoms with Crippen molar-refractivity contribution in [2.75, 3.05) is 6.61 Å². The molecule has 0 aromatic heterocycles. The smallest absolute Gasteiger partial charge is 0.338 e. The van der Waals surface area contributed by atoms with Gasteiger partial charge in [-0.15, -0.1) is 0 Å². The quantitative estimate of drug-likeness (QED) is 0.494. The highest BCUT2D eigenvalue weighted by atomic mass is 16.6. The molecule has 2 N–H and O–H groups in total. The minimum Gasteiger partial charge on any atom is -0.479 e. The summed E-state index contributed by atoms with van der Waals surface area (Å²) >= 11 is 0. The van der Waals surface area contributed by atoms with Crippen molar-refractivity contribution >= 4 is 22.7 Å². The van der Waals surface area contributed by atoms with Crippen molar-refractivity contribution in [3.8, 4) is 0 Å². The molecule has 29 heavy (non-hydrogen) atoms. The van der Waals surface area contributed by atoms with Crippen molar-refractivity contribution in [2.45, 2.75) is 51.4 Å². The number of carbonyl (C=O) groups excluding carboxylic acids is 1. The van der Waals surface area contributed by atoms with Crippen molar-refractivity contribution in [2.24, 2.45) is 0 Å². The van der Waals surface area contributed by atoms with Crippen LogP contribution in [-0.4, -0.2) is 46.6 Å². The van der Waals surface area contributed by atoms with Crippen LogP contribution < -0.4 is 0 Å². The molecule has 0 aliphatic carbocycles. The Balaban J connectivity index is 1.81. The highest BCUT2D eigenvalue weighted by Crippen LogP contribution is 2.17. The second-order valence-corrected chi connectivity index (χ2v) is 7.76. The number of carboxylic acids is 1. The number of ether oxygens (including phenoxy) is 2. The molecule has 0 bridgehead atoms. The van der Waals surface area contributed by atoms with Gasteiger partial charge < -0.3 is 19.7 Å². The predicted octanol–water partition coefficient (Wildman–Crippen LogP) is 3.50. The molecule has 2 rings (SSSR count). The van der Waals surface area contributed by atoms with E-state index in [1.165, 1.54) is 16.3 Å². The van der Waals surface area contributed by atoms with Gasteiger partial charge in [-0.1, -0.05) is 54.6 Å². The number of carboxylic acid groups (broad SMARTS) is 1. The predicted molar refractivity (Wildman–Crippen MR) is 111 cm³/mol. The zero-order chi connectivity index (χ0) is 21.4. The molecule has 2 aromatic carbocycles. The van der Waals surface area contributed by atoms with E-state index in [-0.39, 0.29) is 6.61 Å². The van der Waals surface area contributed by atoms with E-state index in [2.05, 4.69) is 30.3 Å². The maximum atomic E-state index is 11.9. The van der Waals surface area contributed by atoms with E-state index in [1.54, 1.807) is 26.8 Å². The third-order valence-corrected chi connectivity index (χ3v) is 4.13. The molecule has 0 saturated heterocycles. The van der Waals surface area contributed by atoms with Gasteiger partial charge in [0.25, 0.3) is 0 Å². The molecule has 0 aliphatic heterocycles. The Kier molecular flexibility index (Phi) is 7.93. The largest absolute Gasteiger partial charge is 0.479 e. The SMILES string of the molecule is CC(C)(C)OC(=O)[C@H](O)[C@@H](OC/C=C/CCc1ccc2ccccc2c1)C(=O)O. The fraction of sp³-hybridized carbons (Fsp3) is 0.391. The number of hydrogen-bond donors (Lipinski definition) is 2. The molecule has 0 unspecified atom stereocenters. The molecule has 0 aliphatic rings. The molecule has 0 heterocycles. The van der Waals surface area contributed by atoms with Crippen LogP contribution in [-0.2, 0) is 25.5 Å². The van der Waals surface area contributed by atoms with Crippen LogP contribution in [0.5, 0.6) is 0 Å². The van der Waals surface area contributed by atoms with Gasteiger partial charge in [0, 0.05) is 0 Å². The van der Waals surface area contributed by atoms with Gasteiger partial charge >= 0.3 is 11.9 Å². The molecular formula is C23H28O6. The first-order valence-electron chi connectivity index (χ1n) is 9.55. The van der Waals surface area contributed by atoms with Crippen LogP contribution in [0.25, 0.3) is 10.8 Å². The first-order chi connectivity index (χ1) is 13.7. The lowest BCUT2D eigenvalue weighted by Crippen LogP contribution is -2.44. The van der Waals surface area contributed by atoms with E-state index < -0.39 is 29.7 Å². The molecule has 156 valence electrons. The van der Waals surface area contributed by atoms with E-state index in [4.69, 9.17) is 9.47 Å². The van der Waals surface area contributed by atoms with Gasteiger partial charge in [0.2, 0.25) is 0 Å². The van der Waals surface area contributed by atoms with Gasteiger partial charge in [-0.2, -0.15) is 0 Å². The number of rotatable bonds is 9. The molecule has 0 radical (unpaired) electrons. The van der Waals surface area contributed by atoms with Gasteiger partial charge in [-0.05, 0) is 49.9 Å². The normalized spacial score (nSPS) is 14.1. The number of aliphatic carboxylic acids is 1. The molecule has 2 atom stereocenters. The van der Waals surface area contributed by atoms with Crippen LogP contribution in [0.15, 0.2) is 54.6 Å². The number of carbonyl (C=O) groups is 2. The second kappa shape index (κ2) is 10.2. The molecule has 6 nitrogen and oxygen atoms in total. The van der Waals surface area contributed by atoms with Gasteiger partial charge in [-0.25, -0.2) is 9.59 Å². The van der Waals surface area contributed by atoms with Crippen molar-refractivity contribution < 1.29 is 29.3 Å². The highest BCUT2D eigenvalue weighted by Gasteiger charge is 2.35. The number of aliphatic hydroxyl groups excluding tert-OH is 1. The Morgan fingerprint density at radius 1 is 1.07 bits per heavy atom. The van der Waals surface area contributed by atoms with E-state index in [1.807, 2.05) is 18.2 Å². The molecule has 0 amide bonds. The zero-order valence-corrected chi connectivity index (χ0v) is 17.0. The molecule has 0 spiro atoms. The lowest BCUT2D eigenvalue weighted by atomic mass is 10.0. The molecule has 0 fully saturated rings. The molecule has 0 saturated carbocycles. The lowest BCUT2D eigenvalue weighted by molar-refractivity contribution is -0.181. The highest BCUT2D eigenvalue weighted by molar-refractivity contribution is 5.84. The summed E-state index contributed by atoms with van der Waals surface area (Å²) in [6, 6.07) is 14.5. The zero-order valence-electron chi connectivity index (χ0n) is 17.0. The lowest BCUT2D eigenvalue weighted by Gasteiger charge is -2.24. The molecule has 2 aromatic rings. The molecule has 6 heteroatoms. The Morgan fingerprint density at radius 3 is 2.41 bits per heavy atom.